The number of piperazine rings is 2. The number of hydrogen-bond donors (Lipinski definition) is 2. The minimum Gasteiger partial charge on any atom is -0.353 e. The Bertz CT molecular complexity index is 408. The van der Waals surface area contributed by atoms with Crippen LogP contribution in [0.1, 0.15) is 11.7 Å². The number of nitrogens with one attached hydrogen (secondary N) is 2. The van der Waals surface area contributed by atoms with Gasteiger partial charge in [-0.25, -0.2) is 0 Å². The number of rotatable bonds is 1. The van der Waals surface area contributed by atoms with Crippen LogP contribution in [0.25, 0.3) is 0 Å². The lowest BCUT2D eigenvalue weighted by atomic mass is 10.0. The predicted molar refractivity (Wildman–Crippen MR) is 63.4 cm³/mol. The fourth-order valence-electron chi connectivity index (χ4n) is 2.50. The highest BCUT2D eigenvalue weighted by atomic mass is 16.2. The van der Waals surface area contributed by atoms with Gasteiger partial charge in [-0.1, -0.05) is 6.07 Å². The van der Waals surface area contributed by atoms with Crippen molar-refractivity contribution in [2.45, 2.75) is 12.1 Å². The summed E-state index contributed by atoms with van der Waals surface area (Å²) in [6, 6.07) is 6.61. The molecule has 0 saturated carbocycles. The van der Waals surface area contributed by atoms with Gasteiger partial charge in [-0.2, -0.15) is 0 Å². The van der Waals surface area contributed by atoms with Gasteiger partial charge in [0.15, 0.2) is 0 Å². The molecule has 2 aliphatic heterocycles. The number of fused-ring (bicyclic) bond motifs is 1. The van der Waals surface area contributed by atoms with E-state index in [1.165, 1.54) is 0 Å². The van der Waals surface area contributed by atoms with E-state index in [1.54, 1.807) is 0 Å². The summed E-state index contributed by atoms with van der Waals surface area (Å²) < 4.78 is 0. The van der Waals surface area contributed by atoms with Crippen LogP contribution in [-0.2, 0) is 4.79 Å². The Morgan fingerprint density at radius 1 is 1.35 bits per heavy atom. The van der Waals surface area contributed by atoms with E-state index in [9.17, 15) is 4.79 Å². The molecule has 0 spiro atoms. The molecule has 2 N–H and O–H groups in total. The zero-order valence-corrected chi connectivity index (χ0v) is 9.60. The zero-order chi connectivity index (χ0) is 11.7. The van der Waals surface area contributed by atoms with Gasteiger partial charge < -0.3 is 10.6 Å². The summed E-state index contributed by atoms with van der Waals surface area (Å²) in [5.41, 5.74) is 1.05. The van der Waals surface area contributed by atoms with Crippen LogP contribution in [0.4, 0.5) is 0 Å². The van der Waals surface area contributed by atoms with Crippen LogP contribution in [0.2, 0.25) is 0 Å². The maximum Gasteiger partial charge on any atom is 0.234 e. The van der Waals surface area contributed by atoms with Gasteiger partial charge in [0, 0.05) is 31.9 Å². The zero-order valence-electron chi connectivity index (χ0n) is 9.60. The monoisotopic (exact) mass is 232 g/mol. The summed E-state index contributed by atoms with van der Waals surface area (Å²) in [4.78, 5) is 18.0. The molecule has 2 unspecified atom stereocenters. The number of aromatic nitrogens is 1. The van der Waals surface area contributed by atoms with Crippen molar-refractivity contribution in [3.05, 3.63) is 30.1 Å². The lowest BCUT2D eigenvalue weighted by molar-refractivity contribution is -0.126. The van der Waals surface area contributed by atoms with Gasteiger partial charge in [0.05, 0.1) is 18.3 Å². The van der Waals surface area contributed by atoms with E-state index in [0.717, 1.165) is 25.3 Å². The maximum absolute atomic E-state index is 11.4. The van der Waals surface area contributed by atoms with Crippen LogP contribution in [-0.4, -0.2) is 48.0 Å². The molecule has 0 bridgehead atoms. The van der Waals surface area contributed by atoms with Crippen molar-refractivity contribution in [3.63, 3.8) is 0 Å². The molecule has 2 saturated heterocycles. The van der Waals surface area contributed by atoms with Gasteiger partial charge in [-0.3, -0.25) is 14.7 Å². The van der Waals surface area contributed by atoms with E-state index in [1.807, 2.05) is 24.4 Å². The summed E-state index contributed by atoms with van der Waals surface area (Å²) in [5.74, 6) is 0.128. The van der Waals surface area contributed by atoms with Gasteiger partial charge in [-0.15, -0.1) is 0 Å². The molecule has 2 aliphatic rings. The molecule has 0 aliphatic carbocycles. The molecule has 1 amide bonds. The average molecular weight is 232 g/mol. The molecule has 17 heavy (non-hydrogen) atoms. The molecule has 5 heteroatoms. The van der Waals surface area contributed by atoms with Crippen molar-refractivity contribution >= 4 is 5.91 Å². The Labute approximate surface area is 100 Å². The first-order valence-electron chi connectivity index (χ1n) is 5.98. The highest BCUT2D eigenvalue weighted by Gasteiger charge is 2.33. The molecule has 0 radical (unpaired) electrons. The molecule has 2 fully saturated rings. The van der Waals surface area contributed by atoms with Gasteiger partial charge in [0.25, 0.3) is 0 Å². The predicted octanol–water partition coefficient (Wildman–Crippen LogP) is -0.474. The third-order valence-corrected chi connectivity index (χ3v) is 3.46. The minimum atomic E-state index is 0.128. The fraction of sp³-hybridized carbons (Fsp3) is 0.500. The van der Waals surface area contributed by atoms with Crippen molar-refractivity contribution in [1.82, 2.24) is 20.5 Å². The van der Waals surface area contributed by atoms with Crippen LogP contribution >= 0.6 is 0 Å². The quantitative estimate of drug-likeness (QED) is 0.687. The summed E-state index contributed by atoms with van der Waals surface area (Å²) >= 11 is 0. The largest absolute Gasteiger partial charge is 0.353 e. The average Bonchev–Trinajstić information content (AvgIpc) is 2.39. The van der Waals surface area contributed by atoms with Crippen LogP contribution in [0, 0.1) is 0 Å². The summed E-state index contributed by atoms with van der Waals surface area (Å²) in [6.45, 7) is 3.02. The van der Waals surface area contributed by atoms with E-state index < -0.39 is 0 Å². The van der Waals surface area contributed by atoms with Gasteiger partial charge >= 0.3 is 0 Å². The molecular weight excluding hydrogens is 216 g/mol. The van der Waals surface area contributed by atoms with E-state index >= 15 is 0 Å². The Morgan fingerprint density at radius 2 is 2.29 bits per heavy atom. The number of carbonyl (C=O) groups is 1. The molecule has 2 atom stereocenters. The van der Waals surface area contributed by atoms with Crippen LogP contribution in [0.5, 0.6) is 0 Å². The smallest absolute Gasteiger partial charge is 0.234 e. The van der Waals surface area contributed by atoms with E-state index in [4.69, 9.17) is 0 Å². The van der Waals surface area contributed by atoms with Gasteiger partial charge in [-0.05, 0) is 12.1 Å². The molecule has 3 heterocycles. The Kier molecular flexibility index (Phi) is 2.78. The SMILES string of the molecule is O=C1CN2CC(c3ccccn3)NCC2CN1. The van der Waals surface area contributed by atoms with E-state index in [2.05, 4.69) is 20.5 Å². The number of nitrogens with zero attached hydrogens (tertiary/aromatic N) is 2. The van der Waals surface area contributed by atoms with Crippen molar-refractivity contribution in [2.24, 2.45) is 0 Å². The first-order valence-corrected chi connectivity index (χ1v) is 5.98. The molecule has 90 valence electrons. The highest BCUT2D eigenvalue weighted by Crippen LogP contribution is 2.18. The molecule has 0 aromatic carbocycles. The molecule has 1 aromatic rings. The van der Waals surface area contributed by atoms with Crippen LogP contribution < -0.4 is 10.6 Å². The second-order valence-electron chi connectivity index (χ2n) is 4.60. The van der Waals surface area contributed by atoms with Crippen LogP contribution in [0.3, 0.4) is 0 Å². The maximum atomic E-state index is 11.4. The Balaban J connectivity index is 1.72. The number of amides is 1. The molecule has 3 rings (SSSR count). The summed E-state index contributed by atoms with van der Waals surface area (Å²) in [7, 11) is 0. The van der Waals surface area contributed by atoms with Crippen LogP contribution in [0.15, 0.2) is 24.4 Å². The third-order valence-electron chi connectivity index (χ3n) is 3.46. The van der Waals surface area contributed by atoms with Crippen molar-refractivity contribution in [3.8, 4) is 0 Å². The molecular formula is C12H16N4O. The van der Waals surface area contributed by atoms with E-state index in [0.29, 0.717) is 12.6 Å². The number of carbonyl (C=O) groups excluding carboxylic acids is 1. The third kappa shape index (κ3) is 2.16. The fourth-order valence-corrected chi connectivity index (χ4v) is 2.50. The van der Waals surface area contributed by atoms with Crippen molar-refractivity contribution < 1.29 is 4.79 Å². The lowest BCUT2D eigenvalue weighted by Gasteiger charge is -2.42. The first-order chi connectivity index (χ1) is 8.33. The van der Waals surface area contributed by atoms with Gasteiger partial charge in [0.2, 0.25) is 5.91 Å². The normalized spacial score (nSPS) is 29.5. The van der Waals surface area contributed by atoms with Crippen molar-refractivity contribution in [2.75, 3.05) is 26.2 Å². The minimum absolute atomic E-state index is 0.128. The molecule has 5 nitrogen and oxygen atoms in total. The van der Waals surface area contributed by atoms with E-state index in [-0.39, 0.29) is 11.9 Å². The second kappa shape index (κ2) is 4.43. The number of hydrogen-bond acceptors (Lipinski definition) is 4. The Morgan fingerprint density at radius 3 is 3.12 bits per heavy atom. The number of pyridine rings is 1. The topological polar surface area (TPSA) is 57.3 Å². The highest BCUT2D eigenvalue weighted by molar-refractivity contribution is 5.78. The standard InChI is InChI=1S/C12H16N4O/c17-12-8-16-7-11(10-3-1-2-4-13-10)14-5-9(16)6-15-12/h1-4,9,11,14H,5-8H2,(H,15,17). The molecule has 1 aromatic heterocycles. The van der Waals surface area contributed by atoms with Gasteiger partial charge in [0.1, 0.15) is 0 Å². The summed E-state index contributed by atoms with van der Waals surface area (Å²) in [6.07, 6.45) is 1.81. The van der Waals surface area contributed by atoms with Crippen molar-refractivity contribution in [1.29, 1.82) is 0 Å². The lowest BCUT2D eigenvalue weighted by Crippen LogP contribution is -2.62. The first kappa shape index (κ1) is 10.7. The Hall–Kier alpha value is -1.46. The summed E-state index contributed by atoms with van der Waals surface area (Å²) in [5, 5.41) is 6.39. The second-order valence-corrected chi connectivity index (χ2v) is 4.60.